The molecule has 3 aromatic rings. The molecule has 2 heterocycles. The van der Waals surface area contributed by atoms with Gasteiger partial charge in [-0.1, -0.05) is 18.2 Å². The summed E-state index contributed by atoms with van der Waals surface area (Å²) < 4.78 is 17.4. The van der Waals surface area contributed by atoms with E-state index in [-0.39, 0.29) is 0 Å². The van der Waals surface area contributed by atoms with Crippen molar-refractivity contribution in [1.82, 2.24) is 5.32 Å². The van der Waals surface area contributed by atoms with Gasteiger partial charge in [0.25, 0.3) is 0 Å². The molecular weight excluding hydrogens is 342 g/mol. The van der Waals surface area contributed by atoms with Crippen molar-refractivity contribution >= 4 is 22.6 Å². The highest BCUT2D eigenvalue weighted by Crippen LogP contribution is 2.32. The molecule has 140 valence electrons. The number of fused-ring (bicyclic) bond motifs is 2. The van der Waals surface area contributed by atoms with Crippen molar-refractivity contribution in [1.29, 1.82) is 0 Å². The Balaban J connectivity index is 1.45. The van der Waals surface area contributed by atoms with Crippen molar-refractivity contribution in [2.75, 3.05) is 25.6 Å². The van der Waals surface area contributed by atoms with Crippen molar-refractivity contribution in [3.8, 4) is 11.5 Å². The Kier molecular flexibility index (Phi) is 4.87. The zero-order valence-corrected chi connectivity index (χ0v) is 15.5. The maximum atomic E-state index is 5.95. The number of anilines is 1. The van der Waals surface area contributed by atoms with Gasteiger partial charge in [-0.2, -0.15) is 0 Å². The molecule has 6 heteroatoms. The summed E-state index contributed by atoms with van der Waals surface area (Å²) in [6.07, 6.45) is 0.886. The summed E-state index contributed by atoms with van der Waals surface area (Å²) in [5.41, 5.74) is 2.93. The summed E-state index contributed by atoms with van der Waals surface area (Å²) in [6, 6.07) is 13.9. The van der Waals surface area contributed by atoms with E-state index >= 15 is 0 Å². The number of furan rings is 1. The molecule has 0 bridgehead atoms. The van der Waals surface area contributed by atoms with Crippen LogP contribution in [-0.2, 0) is 6.54 Å². The number of hydrogen-bond acceptors (Lipinski definition) is 4. The molecule has 2 N–H and O–H groups in total. The molecule has 1 aliphatic rings. The van der Waals surface area contributed by atoms with Crippen LogP contribution in [-0.4, -0.2) is 26.2 Å². The number of benzene rings is 2. The van der Waals surface area contributed by atoms with Gasteiger partial charge in [0.2, 0.25) is 0 Å². The fourth-order valence-electron chi connectivity index (χ4n) is 3.11. The summed E-state index contributed by atoms with van der Waals surface area (Å²) in [5, 5.41) is 7.72. The molecule has 0 fully saturated rings. The second-order valence-electron chi connectivity index (χ2n) is 6.41. The van der Waals surface area contributed by atoms with Crippen molar-refractivity contribution in [3.63, 3.8) is 0 Å². The minimum Gasteiger partial charge on any atom is -0.490 e. The molecule has 27 heavy (non-hydrogen) atoms. The predicted octanol–water partition coefficient (Wildman–Crippen LogP) is 4.09. The molecule has 0 aliphatic carbocycles. The first-order valence-corrected chi connectivity index (χ1v) is 9.09. The Morgan fingerprint density at radius 2 is 1.89 bits per heavy atom. The van der Waals surface area contributed by atoms with Crippen molar-refractivity contribution in [3.05, 3.63) is 53.8 Å². The predicted molar refractivity (Wildman–Crippen MR) is 107 cm³/mol. The maximum absolute atomic E-state index is 5.95. The number of nitrogens with one attached hydrogen (secondary N) is 2. The molecule has 1 aliphatic heterocycles. The molecule has 0 spiro atoms. The second kappa shape index (κ2) is 7.61. The third-order valence-electron chi connectivity index (χ3n) is 4.59. The van der Waals surface area contributed by atoms with Crippen LogP contribution in [0.4, 0.5) is 5.69 Å². The van der Waals surface area contributed by atoms with Crippen molar-refractivity contribution < 1.29 is 13.9 Å². The first-order valence-electron chi connectivity index (χ1n) is 9.09. The standard InChI is InChI=1S/C21H23N3O3/c1-14-16-6-3-4-7-17(16)27-20(14)13-23-21(22-2)24-15-8-9-18-19(12-15)26-11-5-10-25-18/h3-4,6-9,12H,5,10-11,13H2,1-2H3,(H2,22,23,24). The zero-order valence-electron chi connectivity index (χ0n) is 15.5. The van der Waals surface area contributed by atoms with Crippen molar-refractivity contribution in [2.45, 2.75) is 19.9 Å². The molecule has 0 amide bonds. The van der Waals surface area contributed by atoms with Gasteiger partial charge in [-0.25, -0.2) is 0 Å². The minimum atomic E-state index is 0.546. The normalized spacial score (nSPS) is 14.1. The zero-order chi connectivity index (χ0) is 18.6. The van der Waals surface area contributed by atoms with Gasteiger partial charge in [-0.05, 0) is 25.1 Å². The Hall–Kier alpha value is -3.15. The summed E-state index contributed by atoms with van der Waals surface area (Å²) >= 11 is 0. The number of rotatable bonds is 3. The van der Waals surface area contributed by atoms with Gasteiger partial charge in [0.15, 0.2) is 17.5 Å². The lowest BCUT2D eigenvalue weighted by molar-refractivity contribution is 0.297. The molecule has 0 atom stereocenters. The number of hydrogen-bond donors (Lipinski definition) is 2. The van der Waals surface area contributed by atoms with Crippen LogP contribution < -0.4 is 20.1 Å². The van der Waals surface area contributed by atoms with Crippen LogP contribution in [0.2, 0.25) is 0 Å². The molecule has 0 saturated heterocycles. The smallest absolute Gasteiger partial charge is 0.195 e. The van der Waals surface area contributed by atoms with Crippen LogP contribution in [0.3, 0.4) is 0 Å². The second-order valence-corrected chi connectivity index (χ2v) is 6.41. The molecule has 0 saturated carbocycles. The lowest BCUT2D eigenvalue weighted by atomic mass is 10.1. The van der Waals surface area contributed by atoms with Gasteiger partial charge in [-0.3, -0.25) is 4.99 Å². The van der Waals surface area contributed by atoms with Gasteiger partial charge in [0.05, 0.1) is 19.8 Å². The first-order chi connectivity index (χ1) is 13.2. The van der Waals surface area contributed by atoms with Crippen LogP contribution in [0, 0.1) is 6.92 Å². The lowest BCUT2D eigenvalue weighted by Gasteiger charge is -2.13. The molecule has 0 unspecified atom stereocenters. The Labute approximate surface area is 158 Å². The lowest BCUT2D eigenvalue weighted by Crippen LogP contribution is -2.30. The van der Waals surface area contributed by atoms with Gasteiger partial charge in [0.1, 0.15) is 11.3 Å². The van der Waals surface area contributed by atoms with Crippen LogP contribution >= 0.6 is 0 Å². The molecule has 1 aromatic heterocycles. The highest BCUT2D eigenvalue weighted by atomic mass is 16.5. The quantitative estimate of drug-likeness (QED) is 0.540. The third kappa shape index (κ3) is 3.69. The number of para-hydroxylation sites is 1. The Bertz CT molecular complexity index is 978. The van der Waals surface area contributed by atoms with Crippen LogP contribution in [0.1, 0.15) is 17.7 Å². The van der Waals surface area contributed by atoms with E-state index in [0.717, 1.165) is 45.9 Å². The largest absolute Gasteiger partial charge is 0.490 e. The monoisotopic (exact) mass is 365 g/mol. The van der Waals surface area contributed by atoms with E-state index in [1.54, 1.807) is 7.05 Å². The SMILES string of the molecule is CN=C(NCc1oc2ccccc2c1C)Nc1ccc2c(c1)OCCCO2. The molecule has 4 rings (SSSR count). The van der Waals surface area contributed by atoms with Gasteiger partial charge in [0, 0.05) is 36.2 Å². The fourth-order valence-corrected chi connectivity index (χ4v) is 3.11. The van der Waals surface area contributed by atoms with E-state index < -0.39 is 0 Å². The summed E-state index contributed by atoms with van der Waals surface area (Å²) in [7, 11) is 1.74. The summed E-state index contributed by atoms with van der Waals surface area (Å²) in [6.45, 7) is 3.96. The summed E-state index contributed by atoms with van der Waals surface area (Å²) in [4.78, 5) is 4.29. The number of guanidine groups is 1. The Morgan fingerprint density at radius 3 is 2.70 bits per heavy atom. The van der Waals surface area contributed by atoms with E-state index in [2.05, 4.69) is 28.6 Å². The number of ether oxygens (including phenoxy) is 2. The molecule has 2 aromatic carbocycles. The van der Waals surface area contributed by atoms with Crippen LogP contribution in [0.15, 0.2) is 51.9 Å². The van der Waals surface area contributed by atoms with E-state index in [1.165, 1.54) is 0 Å². The van der Waals surface area contributed by atoms with E-state index in [0.29, 0.717) is 25.7 Å². The topological polar surface area (TPSA) is 68.0 Å². The number of aliphatic imine (C=N–C) groups is 1. The van der Waals surface area contributed by atoms with E-state index in [4.69, 9.17) is 13.9 Å². The highest BCUT2D eigenvalue weighted by molar-refractivity contribution is 5.94. The maximum Gasteiger partial charge on any atom is 0.195 e. The minimum absolute atomic E-state index is 0.546. The average Bonchev–Trinajstić information content (AvgIpc) is 2.86. The molecule has 0 radical (unpaired) electrons. The third-order valence-corrected chi connectivity index (χ3v) is 4.59. The number of aryl methyl sites for hydroxylation is 1. The van der Waals surface area contributed by atoms with Crippen LogP contribution in [0.5, 0.6) is 11.5 Å². The van der Waals surface area contributed by atoms with Gasteiger partial charge < -0.3 is 24.5 Å². The van der Waals surface area contributed by atoms with Gasteiger partial charge >= 0.3 is 0 Å². The first kappa shape index (κ1) is 17.3. The average molecular weight is 365 g/mol. The molecule has 6 nitrogen and oxygen atoms in total. The van der Waals surface area contributed by atoms with Gasteiger partial charge in [-0.15, -0.1) is 0 Å². The summed E-state index contributed by atoms with van der Waals surface area (Å²) in [5.74, 6) is 3.09. The number of nitrogens with zero attached hydrogens (tertiary/aromatic N) is 1. The Morgan fingerprint density at radius 1 is 1.07 bits per heavy atom. The molecular formula is C21H23N3O3. The highest BCUT2D eigenvalue weighted by Gasteiger charge is 2.13. The van der Waals surface area contributed by atoms with E-state index in [1.807, 2.05) is 36.4 Å². The van der Waals surface area contributed by atoms with E-state index in [9.17, 15) is 0 Å². The fraction of sp³-hybridized carbons (Fsp3) is 0.286. The van der Waals surface area contributed by atoms with Crippen molar-refractivity contribution in [2.24, 2.45) is 4.99 Å². The van der Waals surface area contributed by atoms with Crippen LogP contribution in [0.25, 0.3) is 11.0 Å².